The number of carbonyl (C=O) groups is 1. The Morgan fingerprint density at radius 3 is 1.85 bits per heavy atom. The van der Waals surface area contributed by atoms with Gasteiger partial charge < -0.3 is 0 Å². The molecular weight excluding hydrogens is 272 g/mol. The monoisotopic (exact) mass is 296 g/mol. The fourth-order valence-electron chi connectivity index (χ4n) is 1.79. The first kappa shape index (κ1) is 16.9. The van der Waals surface area contributed by atoms with Gasteiger partial charge in [-0.25, -0.2) is 8.42 Å². The van der Waals surface area contributed by atoms with Crippen LogP contribution in [0, 0.1) is 0 Å². The van der Waals surface area contributed by atoms with Crippen LogP contribution < -0.4 is 0 Å². The Hall–Kier alpha value is -1.16. The van der Waals surface area contributed by atoms with Gasteiger partial charge in [0, 0.05) is 11.8 Å². The summed E-state index contributed by atoms with van der Waals surface area (Å²) in [5.41, 5.74) is 1.64. The molecule has 1 aromatic rings. The number of hydrogen-bond donors (Lipinski definition) is 0. The zero-order valence-corrected chi connectivity index (χ0v) is 14.0. The molecule has 0 spiro atoms. The van der Waals surface area contributed by atoms with Crippen LogP contribution >= 0.6 is 0 Å². The van der Waals surface area contributed by atoms with Gasteiger partial charge in [0.2, 0.25) is 0 Å². The van der Waals surface area contributed by atoms with E-state index < -0.39 is 14.6 Å². The summed E-state index contributed by atoms with van der Waals surface area (Å²) in [6.45, 7) is 9.31. The summed E-state index contributed by atoms with van der Waals surface area (Å²) in [4.78, 5) is 12.4. The number of carbonyl (C=O) groups excluding carboxylic acids is 1. The van der Waals surface area contributed by atoms with Gasteiger partial charge in [0.25, 0.3) is 0 Å². The molecule has 3 nitrogen and oxygen atoms in total. The molecule has 0 aromatic heterocycles. The first-order valence-corrected chi connectivity index (χ1v) is 8.67. The molecule has 0 aliphatic carbocycles. The lowest BCUT2D eigenvalue weighted by atomic mass is 9.81. The van der Waals surface area contributed by atoms with E-state index in [2.05, 4.69) is 20.8 Å². The maximum atomic E-state index is 12.4. The predicted octanol–water partition coefficient (Wildman–Crippen LogP) is 3.38. The van der Waals surface area contributed by atoms with Crippen molar-refractivity contribution < 1.29 is 13.2 Å². The van der Waals surface area contributed by atoms with Gasteiger partial charge in [0.05, 0.1) is 0 Å². The average Bonchev–Trinajstić information content (AvgIpc) is 2.36. The van der Waals surface area contributed by atoms with Crippen LogP contribution in [0.25, 0.3) is 0 Å². The number of ketones is 1. The van der Waals surface area contributed by atoms with Crippen LogP contribution in [0.3, 0.4) is 0 Å². The molecule has 1 rings (SSSR count). The van der Waals surface area contributed by atoms with E-state index in [1.807, 2.05) is 12.1 Å². The third kappa shape index (κ3) is 3.11. The molecule has 0 saturated carbocycles. The van der Waals surface area contributed by atoms with Crippen LogP contribution in [-0.2, 0) is 15.3 Å². The van der Waals surface area contributed by atoms with Crippen molar-refractivity contribution in [1.29, 1.82) is 0 Å². The van der Waals surface area contributed by atoms with Gasteiger partial charge in [0.15, 0.2) is 15.6 Å². The Morgan fingerprint density at radius 2 is 1.50 bits per heavy atom. The molecule has 0 atom stereocenters. The maximum absolute atomic E-state index is 12.4. The van der Waals surface area contributed by atoms with Gasteiger partial charge in [-0.1, -0.05) is 45.0 Å². The molecule has 0 fully saturated rings. The Labute approximate surface area is 122 Å². The second-order valence-corrected chi connectivity index (χ2v) is 8.99. The highest BCUT2D eigenvalue weighted by Crippen LogP contribution is 2.28. The van der Waals surface area contributed by atoms with Gasteiger partial charge in [0.1, 0.15) is 4.75 Å². The van der Waals surface area contributed by atoms with Crippen molar-refractivity contribution in [1.82, 2.24) is 0 Å². The zero-order valence-electron chi connectivity index (χ0n) is 13.1. The van der Waals surface area contributed by atoms with Crippen molar-refractivity contribution in [2.45, 2.75) is 51.2 Å². The number of sulfone groups is 1. The van der Waals surface area contributed by atoms with Crippen LogP contribution in [0.5, 0.6) is 0 Å². The number of rotatable bonds is 5. The quantitative estimate of drug-likeness (QED) is 0.783. The summed E-state index contributed by atoms with van der Waals surface area (Å²) in [6, 6.07) is 7.27. The first-order valence-electron chi connectivity index (χ1n) is 6.78. The molecule has 0 aliphatic heterocycles. The van der Waals surface area contributed by atoms with Crippen LogP contribution in [0.2, 0.25) is 0 Å². The highest BCUT2D eigenvalue weighted by Gasteiger charge is 2.38. The Kier molecular flexibility index (Phi) is 4.49. The largest absolute Gasteiger partial charge is 0.292 e. The molecule has 0 bridgehead atoms. The lowest BCUT2D eigenvalue weighted by molar-refractivity contribution is 0.0954. The van der Waals surface area contributed by atoms with E-state index >= 15 is 0 Å². The molecule has 0 aliphatic rings. The van der Waals surface area contributed by atoms with Gasteiger partial charge >= 0.3 is 0 Å². The van der Waals surface area contributed by atoms with Crippen LogP contribution in [-0.4, -0.2) is 25.2 Å². The van der Waals surface area contributed by atoms with Crippen molar-refractivity contribution in [2.24, 2.45) is 0 Å². The lowest BCUT2D eigenvalue weighted by Crippen LogP contribution is -2.39. The minimum Gasteiger partial charge on any atom is -0.292 e. The average molecular weight is 296 g/mol. The molecule has 0 N–H and O–H groups in total. The summed E-state index contributed by atoms with van der Waals surface area (Å²) in [6.07, 6.45) is 2.09. The van der Waals surface area contributed by atoms with Crippen LogP contribution in [0.4, 0.5) is 0 Å². The normalized spacial score (nSPS) is 13.3. The van der Waals surface area contributed by atoms with Gasteiger partial charge in [-0.2, -0.15) is 0 Å². The van der Waals surface area contributed by atoms with E-state index in [-0.39, 0.29) is 11.2 Å². The molecule has 20 heavy (non-hydrogen) atoms. The standard InChI is InChI=1S/C16H24O3S/c1-7-15(2,3)13-10-8-12(9-11-13)14(17)16(4,5)20(6,18)19/h8-11H,7H2,1-6H3. The lowest BCUT2D eigenvalue weighted by Gasteiger charge is -2.24. The molecule has 0 radical (unpaired) electrons. The topological polar surface area (TPSA) is 51.2 Å². The van der Waals surface area contributed by atoms with Crippen molar-refractivity contribution in [3.8, 4) is 0 Å². The Balaban J connectivity index is 3.16. The first-order chi connectivity index (χ1) is 8.93. The molecule has 4 heteroatoms. The smallest absolute Gasteiger partial charge is 0.183 e. The minimum atomic E-state index is -3.44. The third-order valence-electron chi connectivity index (χ3n) is 4.29. The second kappa shape index (κ2) is 5.32. The summed E-state index contributed by atoms with van der Waals surface area (Å²) in [5.74, 6) is -0.360. The molecule has 1 aromatic carbocycles. The highest BCUT2D eigenvalue weighted by molar-refractivity contribution is 7.92. The van der Waals surface area contributed by atoms with Crippen molar-refractivity contribution >= 4 is 15.6 Å². The van der Waals surface area contributed by atoms with Crippen molar-refractivity contribution in [3.05, 3.63) is 35.4 Å². The summed E-state index contributed by atoms with van der Waals surface area (Å²) >= 11 is 0. The van der Waals surface area contributed by atoms with Crippen molar-refractivity contribution in [3.63, 3.8) is 0 Å². The predicted molar refractivity (Wildman–Crippen MR) is 83.0 cm³/mol. The molecule has 0 amide bonds. The van der Waals surface area contributed by atoms with E-state index in [0.717, 1.165) is 18.2 Å². The third-order valence-corrected chi connectivity index (χ3v) is 6.33. The Morgan fingerprint density at radius 1 is 1.05 bits per heavy atom. The van der Waals surface area contributed by atoms with Gasteiger partial charge in [-0.15, -0.1) is 0 Å². The van der Waals surface area contributed by atoms with E-state index in [0.29, 0.717) is 5.56 Å². The van der Waals surface area contributed by atoms with Gasteiger partial charge in [-0.3, -0.25) is 4.79 Å². The van der Waals surface area contributed by atoms with E-state index in [9.17, 15) is 13.2 Å². The SMILES string of the molecule is CCC(C)(C)c1ccc(C(=O)C(C)(C)S(C)(=O)=O)cc1. The van der Waals surface area contributed by atoms with Gasteiger partial charge in [-0.05, 0) is 31.2 Å². The van der Waals surface area contributed by atoms with E-state index in [4.69, 9.17) is 0 Å². The number of benzene rings is 1. The molecular formula is C16H24O3S. The summed E-state index contributed by atoms with van der Waals surface area (Å²) in [7, 11) is -3.44. The van der Waals surface area contributed by atoms with E-state index in [1.54, 1.807) is 12.1 Å². The fraction of sp³-hybridized carbons (Fsp3) is 0.562. The molecule has 0 heterocycles. The van der Waals surface area contributed by atoms with E-state index in [1.165, 1.54) is 13.8 Å². The fourth-order valence-corrected chi connectivity index (χ4v) is 2.25. The van der Waals surface area contributed by atoms with Crippen LogP contribution in [0.15, 0.2) is 24.3 Å². The van der Waals surface area contributed by atoms with Crippen LogP contribution in [0.1, 0.15) is 57.0 Å². The van der Waals surface area contributed by atoms with Crippen molar-refractivity contribution in [2.75, 3.05) is 6.26 Å². The molecule has 0 saturated heterocycles. The zero-order chi connectivity index (χ0) is 15.8. The summed E-state index contributed by atoms with van der Waals surface area (Å²) in [5, 5.41) is 0. The number of hydrogen-bond acceptors (Lipinski definition) is 3. The number of Topliss-reactive ketones (excluding diaryl/α,β-unsaturated/α-hetero) is 1. The maximum Gasteiger partial charge on any atom is 0.183 e. The highest BCUT2D eigenvalue weighted by atomic mass is 32.2. The Bertz CT molecular complexity index is 593. The minimum absolute atomic E-state index is 0.0495. The summed E-state index contributed by atoms with van der Waals surface area (Å²) < 4.78 is 22.0. The molecule has 112 valence electrons. The second-order valence-electron chi connectivity index (χ2n) is 6.43. The molecule has 0 unspecified atom stereocenters.